The lowest BCUT2D eigenvalue weighted by molar-refractivity contribution is -0.118. The molecule has 2 aliphatic heterocycles. The number of nitrogens with zero attached hydrogens (tertiary/aromatic N) is 2. The third-order valence-electron chi connectivity index (χ3n) is 5.98. The van der Waals surface area contributed by atoms with Crippen LogP contribution in [0.25, 0.3) is 0 Å². The number of alkyl halides is 2. The number of amides is 2. The van der Waals surface area contributed by atoms with Gasteiger partial charge in [0.05, 0.1) is 19.7 Å². The number of primary amides is 1. The van der Waals surface area contributed by atoms with E-state index in [-0.39, 0.29) is 23.9 Å². The first-order valence-corrected chi connectivity index (χ1v) is 10.7. The Morgan fingerprint density at radius 2 is 1.97 bits per heavy atom. The number of halogens is 2. The van der Waals surface area contributed by atoms with Crippen LogP contribution in [0.5, 0.6) is 5.88 Å². The Hall–Kier alpha value is -2.49. The van der Waals surface area contributed by atoms with Crippen molar-refractivity contribution >= 4 is 17.5 Å². The first kappa shape index (κ1) is 21.7. The molecule has 3 N–H and O–H groups in total. The lowest BCUT2D eigenvalue weighted by Gasteiger charge is -2.40. The summed E-state index contributed by atoms with van der Waals surface area (Å²) in [4.78, 5) is 30.3. The fraction of sp³-hybridized carbons (Fsp3) is 0.667. The second-order valence-corrected chi connectivity index (χ2v) is 8.69. The number of aromatic nitrogens is 1. The Morgan fingerprint density at radius 3 is 2.58 bits per heavy atom. The molecule has 0 spiro atoms. The van der Waals surface area contributed by atoms with Gasteiger partial charge in [0.15, 0.2) is 0 Å². The largest absolute Gasteiger partial charge is 0.476 e. The molecule has 170 valence electrons. The van der Waals surface area contributed by atoms with Gasteiger partial charge in [0.25, 0.3) is 11.8 Å². The van der Waals surface area contributed by atoms with E-state index in [2.05, 4.69) is 10.3 Å². The van der Waals surface area contributed by atoms with Crippen LogP contribution in [-0.4, -0.2) is 61.7 Å². The van der Waals surface area contributed by atoms with Gasteiger partial charge in [0.2, 0.25) is 11.8 Å². The molecule has 3 heterocycles. The molecule has 1 aliphatic carbocycles. The van der Waals surface area contributed by atoms with Crippen LogP contribution in [0.3, 0.4) is 0 Å². The lowest BCUT2D eigenvalue weighted by atomic mass is 9.89. The topological polar surface area (TPSA) is 107 Å². The second kappa shape index (κ2) is 8.94. The molecule has 0 radical (unpaired) electrons. The van der Waals surface area contributed by atoms with Crippen molar-refractivity contribution in [3.63, 3.8) is 0 Å². The smallest absolute Gasteiger partial charge is 0.282 e. The minimum Gasteiger partial charge on any atom is -0.476 e. The minimum atomic E-state index is -2.73. The highest BCUT2D eigenvalue weighted by Gasteiger charge is 2.45. The highest BCUT2D eigenvalue weighted by molar-refractivity contribution is 5.93. The Balaban J connectivity index is 1.49. The van der Waals surface area contributed by atoms with E-state index < -0.39 is 36.9 Å². The normalized spacial score (nSPS) is 21.8. The predicted molar refractivity (Wildman–Crippen MR) is 108 cm³/mol. The lowest BCUT2D eigenvalue weighted by Crippen LogP contribution is -2.56. The predicted octanol–water partition coefficient (Wildman–Crippen LogP) is 1.73. The molecule has 8 nitrogen and oxygen atoms in total. The Bertz CT molecular complexity index is 820. The number of pyridine rings is 1. The summed E-state index contributed by atoms with van der Waals surface area (Å²) >= 11 is 0. The van der Waals surface area contributed by atoms with Crippen LogP contribution < -0.4 is 20.7 Å². The summed E-state index contributed by atoms with van der Waals surface area (Å²) in [7, 11) is 0. The van der Waals surface area contributed by atoms with Crippen molar-refractivity contribution in [2.45, 2.75) is 44.1 Å². The number of carbonyl (C=O) groups is 2. The molecule has 3 aliphatic rings. The van der Waals surface area contributed by atoms with Gasteiger partial charge in [0.1, 0.15) is 11.4 Å². The highest BCUT2D eigenvalue weighted by Crippen LogP contribution is 2.38. The first-order chi connectivity index (χ1) is 14.8. The molecule has 2 saturated heterocycles. The number of rotatable bonds is 9. The van der Waals surface area contributed by atoms with Gasteiger partial charge in [-0.25, -0.2) is 13.8 Å². The fourth-order valence-electron chi connectivity index (χ4n) is 3.98. The molecule has 0 aromatic carbocycles. The molecular weight excluding hydrogens is 410 g/mol. The first-order valence-electron chi connectivity index (χ1n) is 10.7. The number of nitrogens with two attached hydrogens (primary N) is 1. The molecule has 4 rings (SSSR count). The van der Waals surface area contributed by atoms with Crippen molar-refractivity contribution in [2.24, 2.45) is 17.6 Å². The van der Waals surface area contributed by atoms with Crippen LogP contribution in [0.1, 0.15) is 42.6 Å². The van der Waals surface area contributed by atoms with Crippen molar-refractivity contribution in [3.8, 4) is 5.88 Å². The van der Waals surface area contributed by atoms with E-state index in [9.17, 15) is 18.4 Å². The minimum absolute atomic E-state index is 0.0301. The van der Waals surface area contributed by atoms with Crippen molar-refractivity contribution in [1.82, 2.24) is 10.3 Å². The molecule has 10 heteroatoms. The van der Waals surface area contributed by atoms with Gasteiger partial charge >= 0.3 is 0 Å². The summed E-state index contributed by atoms with van der Waals surface area (Å²) < 4.78 is 37.9. The zero-order valence-electron chi connectivity index (χ0n) is 17.3. The number of nitrogens with one attached hydrogen (secondary N) is 1. The Kier molecular flexibility index (Phi) is 6.27. The number of anilines is 1. The summed E-state index contributed by atoms with van der Waals surface area (Å²) in [6, 6.07) is 2.67. The second-order valence-electron chi connectivity index (χ2n) is 8.69. The summed E-state index contributed by atoms with van der Waals surface area (Å²) in [5.41, 5.74) is 5.96. The molecule has 1 aromatic heterocycles. The molecular formula is C21H28F2N4O4. The van der Waals surface area contributed by atoms with Crippen LogP contribution in [-0.2, 0) is 9.53 Å². The molecule has 1 aromatic rings. The van der Waals surface area contributed by atoms with Crippen LogP contribution >= 0.6 is 0 Å². The van der Waals surface area contributed by atoms with E-state index in [1.165, 1.54) is 11.0 Å². The van der Waals surface area contributed by atoms with Crippen LogP contribution in [0.2, 0.25) is 0 Å². The van der Waals surface area contributed by atoms with Crippen molar-refractivity contribution in [3.05, 3.63) is 17.8 Å². The molecule has 0 unspecified atom stereocenters. The third-order valence-corrected chi connectivity index (χ3v) is 5.98. The number of ether oxygens (including phenoxy) is 2. The monoisotopic (exact) mass is 438 g/mol. The fourth-order valence-corrected chi connectivity index (χ4v) is 3.98. The van der Waals surface area contributed by atoms with E-state index in [1.807, 2.05) is 0 Å². The molecule has 0 bridgehead atoms. The molecule has 2 amide bonds. The summed E-state index contributed by atoms with van der Waals surface area (Å²) in [5.74, 6) is -2.96. The van der Waals surface area contributed by atoms with Crippen molar-refractivity contribution < 1.29 is 27.8 Å². The number of carbonyl (C=O) groups excluding carboxylic acids is 2. The van der Waals surface area contributed by atoms with Gasteiger partial charge in [-0.05, 0) is 49.7 Å². The van der Waals surface area contributed by atoms with Gasteiger partial charge in [-0.1, -0.05) is 0 Å². The standard InChI is InChI=1S/C21H28F2N4O4/c22-21(23)11-27(12-21)17-4-3-15(26-20(17)31-10-13-1-2-13)19(29)25-16(9-18(24)28)14-5-7-30-8-6-14/h3-4,13-14,16H,1-2,5-12H2,(H2,24,28)(H,25,29)/t16-/m0/s1. The van der Waals surface area contributed by atoms with Crippen molar-refractivity contribution in [1.29, 1.82) is 0 Å². The van der Waals surface area contributed by atoms with E-state index in [0.717, 1.165) is 25.7 Å². The Labute approximate surface area is 179 Å². The van der Waals surface area contributed by atoms with E-state index in [4.69, 9.17) is 15.2 Å². The molecule has 3 fully saturated rings. The van der Waals surface area contributed by atoms with Gasteiger partial charge in [-0.3, -0.25) is 9.59 Å². The van der Waals surface area contributed by atoms with E-state index >= 15 is 0 Å². The summed E-state index contributed by atoms with van der Waals surface area (Å²) in [5, 5.41) is 2.88. The molecule has 31 heavy (non-hydrogen) atoms. The zero-order valence-corrected chi connectivity index (χ0v) is 17.3. The maximum atomic E-state index is 13.3. The maximum Gasteiger partial charge on any atom is 0.282 e. The third kappa shape index (κ3) is 5.61. The van der Waals surface area contributed by atoms with E-state index in [1.54, 1.807) is 6.07 Å². The van der Waals surface area contributed by atoms with Gasteiger partial charge < -0.3 is 25.4 Å². The summed E-state index contributed by atoms with van der Waals surface area (Å²) in [6.07, 6.45) is 3.61. The van der Waals surface area contributed by atoms with E-state index in [0.29, 0.717) is 31.4 Å². The van der Waals surface area contributed by atoms with Crippen molar-refractivity contribution in [2.75, 3.05) is 37.8 Å². The van der Waals surface area contributed by atoms with Gasteiger partial charge in [-0.15, -0.1) is 0 Å². The summed E-state index contributed by atoms with van der Waals surface area (Å²) in [6.45, 7) is 0.793. The highest BCUT2D eigenvalue weighted by atomic mass is 19.3. The number of hydrogen-bond acceptors (Lipinski definition) is 6. The van der Waals surface area contributed by atoms with Crippen LogP contribution in [0.15, 0.2) is 12.1 Å². The SMILES string of the molecule is NC(=O)C[C@H](NC(=O)c1ccc(N2CC(F)(F)C2)c(OCC2CC2)n1)C1CCOCC1. The van der Waals surface area contributed by atoms with Gasteiger partial charge in [0, 0.05) is 25.7 Å². The van der Waals surface area contributed by atoms with Gasteiger partial charge in [-0.2, -0.15) is 0 Å². The molecule has 1 atom stereocenters. The number of hydrogen-bond donors (Lipinski definition) is 2. The average Bonchev–Trinajstić information content (AvgIpc) is 3.54. The molecule has 1 saturated carbocycles. The van der Waals surface area contributed by atoms with Crippen LogP contribution in [0, 0.1) is 11.8 Å². The average molecular weight is 438 g/mol. The maximum absolute atomic E-state index is 13.3. The quantitative estimate of drug-likeness (QED) is 0.608. The zero-order chi connectivity index (χ0) is 22.0. The van der Waals surface area contributed by atoms with Crippen LogP contribution in [0.4, 0.5) is 14.5 Å². The Morgan fingerprint density at radius 1 is 1.26 bits per heavy atom.